The molecule has 2 aromatic rings. The molecule has 0 bridgehead atoms. The molecule has 0 radical (unpaired) electrons. The molecule has 144 valence electrons. The lowest BCUT2D eigenvalue weighted by molar-refractivity contribution is 0.328. The third kappa shape index (κ3) is 6.26. The van der Waals surface area contributed by atoms with E-state index < -0.39 is 0 Å². The molecule has 5 heteroatoms. The molecule has 1 aliphatic rings. The van der Waals surface area contributed by atoms with Gasteiger partial charge in [-0.25, -0.2) is 0 Å². The molecule has 0 spiro atoms. The number of nitrogens with one attached hydrogen (secondary N) is 2. The van der Waals surface area contributed by atoms with Gasteiger partial charge in [0.2, 0.25) is 0 Å². The molecule has 1 unspecified atom stereocenters. The monoisotopic (exact) mass is 384 g/mol. The largest absolute Gasteiger partial charge is 0.356 e. The molecular formula is C22H29ClN4. The van der Waals surface area contributed by atoms with E-state index in [0.29, 0.717) is 12.5 Å². The fraction of sp³-hybridized carbons (Fsp3) is 0.409. The number of guanidine groups is 1. The molecule has 27 heavy (non-hydrogen) atoms. The van der Waals surface area contributed by atoms with Crippen LogP contribution in [0.25, 0.3) is 0 Å². The number of likely N-dealkylation sites (tertiary alicyclic amines) is 1. The summed E-state index contributed by atoms with van der Waals surface area (Å²) in [6, 6.07) is 18.6. The van der Waals surface area contributed by atoms with E-state index >= 15 is 0 Å². The van der Waals surface area contributed by atoms with Crippen LogP contribution in [0.5, 0.6) is 0 Å². The minimum atomic E-state index is 0.666. The quantitative estimate of drug-likeness (QED) is 0.566. The molecule has 0 aromatic heterocycles. The van der Waals surface area contributed by atoms with Crippen LogP contribution >= 0.6 is 11.6 Å². The van der Waals surface area contributed by atoms with Crippen LogP contribution in [0.3, 0.4) is 0 Å². The Morgan fingerprint density at radius 1 is 1.11 bits per heavy atom. The predicted octanol–water partition coefficient (Wildman–Crippen LogP) is 3.57. The first-order valence-corrected chi connectivity index (χ1v) is 10.1. The molecule has 0 amide bonds. The summed E-state index contributed by atoms with van der Waals surface area (Å²) in [4.78, 5) is 6.90. The normalized spacial score (nSPS) is 17.9. The lowest BCUT2D eigenvalue weighted by Gasteiger charge is -2.18. The van der Waals surface area contributed by atoms with E-state index in [1.165, 1.54) is 18.5 Å². The van der Waals surface area contributed by atoms with E-state index in [9.17, 15) is 0 Å². The smallest absolute Gasteiger partial charge is 0.191 e. The Labute approximate surface area is 167 Å². The number of rotatable bonds is 7. The van der Waals surface area contributed by atoms with Crippen molar-refractivity contribution in [2.45, 2.75) is 19.4 Å². The van der Waals surface area contributed by atoms with Gasteiger partial charge in [0.25, 0.3) is 0 Å². The Hall–Kier alpha value is -2.04. The fourth-order valence-electron chi connectivity index (χ4n) is 3.50. The van der Waals surface area contributed by atoms with Crippen LogP contribution in [0.4, 0.5) is 0 Å². The van der Waals surface area contributed by atoms with E-state index in [4.69, 9.17) is 11.6 Å². The molecule has 1 heterocycles. The summed E-state index contributed by atoms with van der Waals surface area (Å²) in [5.74, 6) is 1.50. The van der Waals surface area contributed by atoms with Crippen LogP contribution in [0, 0.1) is 5.92 Å². The highest BCUT2D eigenvalue weighted by Crippen LogP contribution is 2.16. The van der Waals surface area contributed by atoms with Crippen molar-refractivity contribution >= 4 is 17.6 Å². The van der Waals surface area contributed by atoms with Crippen LogP contribution in [0.1, 0.15) is 17.5 Å². The molecular weight excluding hydrogens is 356 g/mol. The number of halogens is 1. The van der Waals surface area contributed by atoms with Crippen LogP contribution < -0.4 is 10.6 Å². The third-order valence-electron chi connectivity index (χ3n) is 5.12. The van der Waals surface area contributed by atoms with Crippen molar-refractivity contribution in [3.05, 3.63) is 70.7 Å². The fourth-order valence-corrected chi connectivity index (χ4v) is 3.70. The van der Waals surface area contributed by atoms with Crippen LogP contribution in [-0.4, -0.2) is 44.1 Å². The minimum absolute atomic E-state index is 0.666. The second-order valence-corrected chi connectivity index (χ2v) is 7.50. The lowest BCUT2D eigenvalue weighted by Crippen LogP contribution is -2.40. The van der Waals surface area contributed by atoms with E-state index in [-0.39, 0.29) is 0 Å². The standard InChI is InChI=1S/C22H29ClN4/c1-24-22(26-16-20-9-5-6-10-21(20)23)25-15-19-12-14-27(17-19)13-11-18-7-3-2-4-8-18/h2-10,19H,11-17H2,1H3,(H2,24,25,26). The third-order valence-corrected chi connectivity index (χ3v) is 5.48. The van der Waals surface area contributed by atoms with Gasteiger partial charge in [-0.2, -0.15) is 0 Å². The Balaban J connectivity index is 1.37. The maximum Gasteiger partial charge on any atom is 0.191 e. The van der Waals surface area contributed by atoms with Crippen molar-refractivity contribution in [1.29, 1.82) is 0 Å². The second-order valence-electron chi connectivity index (χ2n) is 7.09. The Kier molecular flexibility index (Phi) is 7.55. The van der Waals surface area contributed by atoms with E-state index in [1.54, 1.807) is 0 Å². The first-order valence-electron chi connectivity index (χ1n) is 9.69. The van der Waals surface area contributed by atoms with Crippen molar-refractivity contribution in [3.63, 3.8) is 0 Å². The maximum absolute atomic E-state index is 6.22. The molecule has 0 saturated carbocycles. The van der Waals surface area contributed by atoms with Gasteiger partial charge in [0.15, 0.2) is 5.96 Å². The van der Waals surface area contributed by atoms with Crippen LogP contribution in [-0.2, 0) is 13.0 Å². The molecule has 4 nitrogen and oxygen atoms in total. The Bertz CT molecular complexity index is 732. The molecule has 2 aromatic carbocycles. The van der Waals surface area contributed by atoms with Crippen molar-refractivity contribution in [2.24, 2.45) is 10.9 Å². The summed E-state index contributed by atoms with van der Waals surface area (Å²) in [5, 5.41) is 7.60. The molecule has 1 fully saturated rings. The molecule has 2 N–H and O–H groups in total. The lowest BCUT2D eigenvalue weighted by atomic mass is 10.1. The molecule has 3 rings (SSSR count). The SMILES string of the molecule is CN=C(NCc1ccccc1Cl)NCC1CCN(CCc2ccccc2)C1. The van der Waals surface area contributed by atoms with Gasteiger partial charge in [-0.15, -0.1) is 0 Å². The number of hydrogen-bond donors (Lipinski definition) is 2. The van der Waals surface area contributed by atoms with Gasteiger partial charge >= 0.3 is 0 Å². The number of nitrogens with zero attached hydrogens (tertiary/aromatic N) is 2. The highest BCUT2D eigenvalue weighted by atomic mass is 35.5. The first-order chi connectivity index (χ1) is 13.2. The van der Waals surface area contributed by atoms with Gasteiger partial charge < -0.3 is 15.5 Å². The second kappa shape index (κ2) is 10.3. The van der Waals surface area contributed by atoms with Crippen LogP contribution in [0.2, 0.25) is 5.02 Å². The minimum Gasteiger partial charge on any atom is -0.356 e. The van der Waals surface area contributed by atoms with Gasteiger partial charge in [-0.1, -0.05) is 60.1 Å². The van der Waals surface area contributed by atoms with Gasteiger partial charge in [0.1, 0.15) is 0 Å². The number of aliphatic imine (C=N–C) groups is 1. The molecule has 0 aliphatic carbocycles. The summed E-state index contributed by atoms with van der Waals surface area (Å²) in [5.41, 5.74) is 2.50. The first kappa shape index (κ1) is 19.7. The van der Waals surface area contributed by atoms with Crippen LogP contribution in [0.15, 0.2) is 59.6 Å². The highest BCUT2D eigenvalue weighted by Gasteiger charge is 2.22. The Morgan fingerprint density at radius 3 is 2.67 bits per heavy atom. The summed E-state index contributed by atoms with van der Waals surface area (Å²) < 4.78 is 0. The molecule has 1 aliphatic heterocycles. The van der Waals surface area contributed by atoms with Crippen molar-refractivity contribution in [3.8, 4) is 0 Å². The van der Waals surface area contributed by atoms with Crippen molar-refractivity contribution in [2.75, 3.05) is 33.2 Å². The summed E-state index contributed by atoms with van der Waals surface area (Å²) in [7, 11) is 1.81. The molecule has 1 saturated heterocycles. The zero-order valence-electron chi connectivity index (χ0n) is 16.0. The molecule has 1 atom stereocenters. The van der Waals surface area contributed by atoms with Crippen molar-refractivity contribution in [1.82, 2.24) is 15.5 Å². The maximum atomic E-state index is 6.22. The average molecular weight is 385 g/mol. The van der Waals surface area contributed by atoms with Gasteiger partial charge in [0, 0.05) is 38.2 Å². The van der Waals surface area contributed by atoms with E-state index in [2.05, 4.69) is 50.9 Å². The van der Waals surface area contributed by atoms with Gasteiger partial charge in [0.05, 0.1) is 0 Å². The summed E-state index contributed by atoms with van der Waals surface area (Å²) >= 11 is 6.22. The average Bonchev–Trinajstić information content (AvgIpc) is 3.16. The zero-order chi connectivity index (χ0) is 18.9. The summed E-state index contributed by atoms with van der Waals surface area (Å²) in [6.07, 6.45) is 2.37. The van der Waals surface area contributed by atoms with Crippen molar-refractivity contribution < 1.29 is 0 Å². The predicted molar refractivity (Wildman–Crippen MR) is 114 cm³/mol. The van der Waals surface area contributed by atoms with Gasteiger partial charge in [-0.05, 0) is 42.5 Å². The zero-order valence-corrected chi connectivity index (χ0v) is 16.8. The van der Waals surface area contributed by atoms with Gasteiger partial charge in [-0.3, -0.25) is 4.99 Å². The highest BCUT2D eigenvalue weighted by molar-refractivity contribution is 6.31. The van der Waals surface area contributed by atoms with E-state index in [1.807, 2.05) is 31.3 Å². The topological polar surface area (TPSA) is 39.7 Å². The summed E-state index contributed by atoms with van der Waals surface area (Å²) in [6.45, 7) is 5.10. The number of benzene rings is 2. The number of hydrogen-bond acceptors (Lipinski definition) is 2. The Morgan fingerprint density at radius 2 is 1.89 bits per heavy atom. The van der Waals surface area contributed by atoms with E-state index in [0.717, 1.165) is 42.6 Å².